The molecule has 164 valence electrons. The van der Waals surface area contributed by atoms with Gasteiger partial charge in [-0.3, -0.25) is 0 Å². The second kappa shape index (κ2) is 10.9. The molecule has 0 saturated carbocycles. The fraction of sp³-hybridized carbons (Fsp3) is 0.423. The van der Waals surface area contributed by atoms with Crippen molar-refractivity contribution in [3.05, 3.63) is 82.4 Å². The molecule has 0 bridgehead atoms. The Bertz CT molecular complexity index is 990. The van der Waals surface area contributed by atoms with E-state index in [9.17, 15) is 9.90 Å². The van der Waals surface area contributed by atoms with E-state index in [1.807, 2.05) is 12.1 Å². The summed E-state index contributed by atoms with van der Waals surface area (Å²) >= 11 is 0. The second-order valence-corrected chi connectivity index (χ2v) is 8.59. The largest absolute Gasteiger partial charge is 0.478 e. The summed E-state index contributed by atoms with van der Waals surface area (Å²) in [5, 5.41) is 14.2. The van der Waals surface area contributed by atoms with Crippen LogP contribution in [0.3, 0.4) is 0 Å². The van der Waals surface area contributed by atoms with E-state index in [0.717, 1.165) is 54.9 Å². The molecule has 0 saturated heterocycles. The van der Waals surface area contributed by atoms with E-state index in [-0.39, 0.29) is 0 Å². The van der Waals surface area contributed by atoms with Gasteiger partial charge in [0.05, 0.1) is 12.1 Å². The molecule has 0 aliphatic rings. The summed E-state index contributed by atoms with van der Waals surface area (Å²) in [7, 11) is 0. The van der Waals surface area contributed by atoms with E-state index in [2.05, 4.69) is 49.7 Å². The lowest BCUT2D eigenvalue weighted by atomic mass is 9.99. The van der Waals surface area contributed by atoms with Gasteiger partial charge in [-0.15, -0.1) is 0 Å². The summed E-state index contributed by atoms with van der Waals surface area (Å²) < 4.78 is 2.06. The fourth-order valence-electron chi connectivity index (χ4n) is 3.63. The monoisotopic (exact) mass is 419 g/mol. The van der Waals surface area contributed by atoms with Crippen molar-refractivity contribution in [1.29, 1.82) is 0 Å². The van der Waals surface area contributed by atoms with Crippen LogP contribution in [-0.2, 0) is 25.8 Å². The quantitative estimate of drug-likeness (QED) is 0.443. The minimum atomic E-state index is -0.883. The maximum atomic E-state index is 11.4. The molecular formula is C26H33N3O2. The van der Waals surface area contributed by atoms with Crippen LogP contribution in [0.5, 0.6) is 0 Å². The van der Waals surface area contributed by atoms with E-state index in [4.69, 9.17) is 10.1 Å². The van der Waals surface area contributed by atoms with Gasteiger partial charge < -0.3 is 5.11 Å². The average molecular weight is 420 g/mol. The molecule has 3 rings (SSSR count). The Morgan fingerprint density at radius 2 is 1.74 bits per heavy atom. The number of carboxylic acids is 1. The Morgan fingerprint density at radius 3 is 2.42 bits per heavy atom. The third kappa shape index (κ3) is 6.51. The van der Waals surface area contributed by atoms with Crippen molar-refractivity contribution in [3.8, 4) is 0 Å². The van der Waals surface area contributed by atoms with E-state index in [1.165, 1.54) is 5.56 Å². The van der Waals surface area contributed by atoms with Crippen molar-refractivity contribution < 1.29 is 9.90 Å². The SMILES string of the molecule is CCCCc1nc(CCC(C)C)nn1Cc1ccc(Cc2ccccc2C(=O)O)cc1. The van der Waals surface area contributed by atoms with Crippen molar-refractivity contribution in [2.45, 2.75) is 65.8 Å². The number of hydrogen-bond donors (Lipinski definition) is 1. The van der Waals surface area contributed by atoms with E-state index >= 15 is 0 Å². The number of carboxylic acid groups (broad SMARTS) is 1. The first kappa shape index (κ1) is 22.7. The molecule has 0 atom stereocenters. The van der Waals surface area contributed by atoms with Crippen LogP contribution in [0.25, 0.3) is 0 Å². The van der Waals surface area contributed by atoms with Crippen LogP contribution in [0.4, 0.5) is 0 Å². The zero-order valence-corrected chi connectivity index (χ0v) is 18.8. The maximum Gasteiger partial charge on any atom is 0.335 e. The van der Waals surface area contributed by atoms with Crippen molar-refractivity contribution in [3.63, 3.8) is 0 Å². The first-order valence-electron chi connectivity index (χ1n) is 11.3. The third-order valence-corrected chi connectivity index (χ3v) is 5.49. The summed E-state index contributed by atoms with van der Waals surface area (Å²) in [4.78, 5) is 16.3. The molecule has 0 amide bonds. The molecule has 3 aromatic rings. The number of aromatic nitrogens is 3. The van der Waals surface area contributed by atoms with Gasteiger partial charge in [-0.1, -0.05) is 69.7 Å². The zero-order valence-electron chi connectivity index (χ0n) is 18.8. The number of carbonyl (C=O) groups is 1. The van der Waals surface area contributed by atoms with Crippen molar-refractivity contribution in [2.75, 3.05) is 0 Å². The van der Waals surface area contributed by atoms with E-state index in [0.29, 0.717) is 24.4 Å². The maximum absolute atomic E-state index is 11.4. The van der Waals surface area contributed by atoms with Gasteiger partial charge in [-0.05, 0) is 47.9 Å². The minimum absolute atomic E-state index is 0.365. The summed E-state index contributed by atoms with van der Waals surface area (Å²) in [6, 6.07) is 15.6. The zero-order chi connectivity index (χ0) is 22.2. The van der Waals surface area contributed by atoms with Crippen molar-refractivity contribution >= 4 is 5.97 Å². The number of nitrogens with zero attached hydrogens (tertiary/aromatic N) is 3. The molecule has 1 heterocycles. The lowest BCUT2D eigenvalue weighted by Crippen LogP contribution is -2.07. The van der Waals surface area contributed by atoms with Crippen LogP contribution in [0.2, 0.25) is 0 Å². The molecule has 0 unspecified atom stereocenters. The predicted molar refractivity (Wildman–Crippen MR) is 124 cm³/mol. The molecule has 2 aromatic carbocycles. The Hall–Kier alpha value is -2.95. The highest BCUT2D eigenvalue weighted by atomic mass is 16.4. The van der Waals surface area contributed by atoms with Gasteiger partial charge in [-0.25, -0.2) is 14.5 Å². The van der Waals surface area contributed by atoms with Gasteiger partial charge in [0.2, 0.25) is 0 Å². The molecule has 0 spiro atoms. The van der Waals surface area contributed by atoms with Gasteiger partial charge in [0.15, 0.2) is 5.82 Å². The average Bonchev–Trinajstić information content (AvgIpc) is 3.14. The van der Waals surface area contributed by atoms with Gasteiger partial charge in [0.1, 0.15) is 5.82 Å². The highest BCUT2D eigenvalue weighted by molar-refractivity contribution is 5.89. The lowest BCUT2D eigenvalue weighted by molar-refractivity contribution is 0.0696. The molecule has 0 fully saturated rings. The Balaban J connectivity index is 1.72. The number of unbranched alkanes of at least 4 members (excludes halogenated alkanes) is 1. The topological polar surface area (TPSA) is 68.0 Å². The summed E-state index contributed by atoms with van der Waals surface area (Å²) in [6.45, 7) is 7.36. The molecule has 0 aliphatic heterocycles. The highest BCUT2D eigenvalue weighted by Gasteiger charge is 2.12. The lowest BCUT2D eigenvalue weighted by Gasteiger charge is -2.09. The number of benzene rings is 2. The summed E-state index contributed by atoms with van der Waals surface area (Å²) in [5.41, 5.74) is 3.47. The van der Waals surface area contributed by atoms with Crippen LogP contribution < -0.4 is 0 Å². The van der Waals surface area contributed by atoms with Gasteiger partial charge in [-0.2, -0.15) is 5.10 Å². The number of aryl methyl sites for hydroxylation is 2. The van der Waals surface area contributed by atoms with Crippen LogP contribution in [0, 0.1) is 5.92 Å². The van der Waals surface area contributed by atoms with Crippen LogP contribution >= 0.6 is 0 Å². The molecule has 31 heavy (non-hydrogen) atoms. The van der Waals surface area contributed by atoms with Crippen LogP contribution in [0.1, 0.15) is 78.7 Å². The third-order valence-electron chi connectivity index (χ3n) is 5.49. The van der Waals surface area contributed by atoms with E-state index in [1.54, 1.807) is 12.1 Å². The van der Waals surface area contributed by atoms with Crippen molar-refractivity contribution in [1.82, 2.24) is 14.8 Å². The molecule has 5 nitrogen and oxygen atoms in total. The molecule has 0 radical (unpaired) electrons. The normalized spacial score (nSPS) is 11.2. The van der Waals surface area contributed by atoms with Gasteiger partial charge >= 0.3 is 5.97 Å². The molecule has 1 N–H and O–H groups in total. The number of rotatable bonds is 11. The van der Waals surface area contributed by atoms with Crippen molar-refractivity contribution in [2.24, 2.45) is 5.92 Å². The molecule has 1 aromatic heterocycles. The van der Waals surface area contributed by atoms with Crippen LogP contribution in [0.15, 0.2) is 48.5 Å². The second-order valence-electron chi connectivity index (χ2n) is 8.59. The first-order valence-corrected chi connectivity index (χ1v) is 11.3. The Labute approximate surface area is 185 Å². The predicted octanol–water partition coefficient (Wildman–Crippen LogP) is 5.55. The Morgan fingerprint density at radius 1 is 1.03 bits per heavy atom. The smallest absolute Gasteiger partial charge is 0.335 e. The highest BCUT2D eigenvalue weighted by Crippen LogP contribution is 2.17. The standard InChI is InChI=1S/C26H33N3O2/c1-4-5-10-25-27-24(16-11-19(2)3)28-29(25)18-21-14-12-20(13-15-21)17-22-8-6-7-9-23(22)26(30)31/h6-9,12-15,19H,4-5,10-11,16-18H2,1-3H3,(H,30,31). The van der Waals surface area contributed by atoms with E-state index < -0.39 is 5.97 Å². The minimum Gasteiger partial charge on any atom is -0.478 e. The van der Waals surface area contributed by atoms with Crippen LogP contribution in [-0.4, -0.2) is 25.8 Å². The molecular weight excluding hydrogens is 386 g/mol. The fourth-order valence-corrected chi connectivity index (χ4v) is 3.63. The molecule has 5 heteroatoms. The van der Waals surface area contributed by atoms with Gasteiger partial charge in [0, 0.05) is 12.8 Å². The number of hydrogen-bond acceptors (Lipinski definition) is 3. The first-order chi connectivity index (χ1) is 15.0. The Kier molecular flexibility index (Phi) is 7.99. The summed E-state index contributed by atoms with van der Waals surface area (Å²) in [6.07, 6.45) is 5.84. The summed E-state index contributed by atoms with van der Waals surface area (Å²) in [5.74, 6) is 1.78. The number of aromatic carboxylic acids is 1. The van der Waals surface area contributed by atoms with Gasteiger partial charge in [0.25, 0.3) is 0 Å². The molecule has 0 aliphatic carbocycles.